The zero-order valence-electron chi connectivity index (χ0n) is 4.65. The van der Waals surface area contributed by atoms with Gasteiger partial charge in [0.15, 0.2) is 0 Å². The van der Waals surface area contributed by atoms with E-state index in [4.69, 9.17) is 5.11 Å². The lowest BCUT2D eigenvalue weighted by Crippen LogP contribution is -2.22. The van der Waals surface area contributed by atoms with Crippen molar-refractivity contribution in [3.63, 3.8) is 0 Å². The van der Waals surface area contributed by atoms with Crippen molar-refractivity contribution in [2.75, 3.05) is 13.6 Å². The number of likely N-dealkylation sites (N-methyl/N-ethyl adjacent to an activating group) is 1. The Balaban J connectivity index is 2.83. The number of rotatable bonds is 3. The Morgan fingerprint density at radius 3 is 2.57 bits per heavy atom. The van der Waals surface area contributed by atoms with Crippen LogP contribution < -0.4 is 5.32 Å². The Hall–Kier alpha value is -0.0800. The summed E-state index contributed by atoms with van der Waals surface area (Å²) in [5.74, 6) is 0. The van der Waals surface area contributed by atoms with Gasteiger partial charge in [-0.3, -0.25) is 0 Å². The molecule has 0 amide bonds. The predicted molar refractivity (Wildman–Crippen MR) is 29.9 cm³/mol. The highest BCUT2D eigenvalue weighted by Crippen LogP contribution is 1.83. The molecule has 0 spiro atoms. The molecule has 43 valence electrons. The first-order chi connectivity index (χ1) is 3.31. The first-order valence-corrected chi connectivity index (χ1v) is 2.43. The van der Waals surface area contributed by atoms with Crippen molar-refractivity contribution in [3.05, 3.63) is 6.92 Å². The van der Waals surface area contributed by atoms with Gasteiger partial charge >= 0.3 is 0 Å². The van der Waals surface area contributed by atoms with Gasteiger partial charge in [-0.05, 0) is 13.5 Å². The maximum atomic E-state index is 8.73. The van der Waals surface area contributed by atoms with Crippen LogP contribution in [0.4, 0.5) is 0 Å². The summed E-state index contributed by atoms with van der Waals surface area (Å²) in [5, 5.41) is 11.6. The molecule has 0 aliphatic carbocycles. The normalized spacial score (nSPS) is 14.1. The molecule has 0 heterocycles. The minimum absolute atomic E-state index is 0.273. The molecule has 2 N–H and O–H groups in total. The second-order valence-corrected chi connectivity index (χ2v) is 1.50. The van der Waals surface area contributed by atoms with Crippen LogP contribution in [0.15, 0.2) is 0 Å². The smallest absolute Gasteiger partial charge is 0.0664 e. The van der Waals surface area contributed by atoms with Crippen LogP contribution in [0.1, 0.15) is 6.42 Å². The lowest BCUT2D eigenvalue weighted by atomic mass is 10.3. The highest BCUT2D eigenvalue weighted by molar-refractivity contribution is 4.56. The second kappa shape index (κ2) is 4.09. The molecule has 0 aliphatic heterocycles. The van der Waals surface area contributed by atoms with Crippen molar-refractivity contribution in [2.45, 2.75) is 12.5 Å². The van der Waals surface area contributed by atoms with E-state index >= 15 is 0 Å². The average Bonchev–Trinajstić information content (AvgIpc) is 1.68. The molecule has 0 bridgehead atoms. The van der Waals surface area contributed by atoms with E-state index in [1.807, 2.05) is 0 Å². The van der Waals surface area contributed by atoms with E-state index in [1.165, 1.54) is 0 Å². The lowest BCUT2D eigenvalue weighted by molar-refractivity contribution is 0.177. The van der Waals surface area contributed by atoms with Crippen LogP contribution in [-0.2, 0) is 0 Å². The van der Waals surface area contributed by atoms with Crippen molar-refractivity contribution in [3.8, 4) is 0 Å². The molecule has 1 atom stereocenters. The van der Waals surface area contributed by atoms with E-state index in [-0.39, 0.29) is 6.10 Å². The number of hydrogen-bond donors (Lipinski definition) is 2. The lowest BCUT2D eigenvalue weighted by Gasteiger charge is -2.03. The molecule has 0 aromatic rings. The molecule has 0 aliphatic rings. The molecule has 2 nitrogen and oxygen atoms in total. The highest BCUT2D eigenvalue weighted by atomic mass is 16.3. The maximum Gasteiger partial charge on any atom is 0.0664 e. The van der Waals surface area contributed by atoms with Gasteiger partial charge in [0.05, 0.1) is 6.10 Å². The van der Waals surface area contributed by atoms with E-state index in [2.05, 4.69) is 12.2 Å². The molecule has 1 unspecified atom stereocenters. The Kier molecular flexibility index (Phi) is 4.04. The number of nitrogens with one attached hydrogen (secondary N) is 1. The molecule has 2 heteroatoms. The van der Waals surface area contributed by atoms with Gasteiger partial charge in [0.25, 0.3) is 0 Å². The van der Waals surface area contributed by atoms with E-state index < -0.39 is 0 Å². The monoisotopic (exact) mass is 102 g/mol. The van der Waals surface area contributed by atoms with Crippen LogP contribution in [0.5, 0.6) is 0 Å². The van der Waals surface area contributed by atoms with Gasteiger partial charge in [0, 0.05) is 6.54 Å². The molecule has 1 radical (unpaired) electrons. The molecule has 0 fully saturated rings. The van der Waals surface area contributed by atoms with Gasteiger partial charge < -0.3 is 10.4 Å². The molecule has 0 saturated carbocycles. The minimum Gasteiger partial charge on any atom is -0.392 e. The summed E-state index contributed by atoms with van der Waals surface area (Å²) in [5.41, 5.74) is 0. The third-order valence-electron chi connectivity index (χ3n) is 0.773. The Bertz CT molecular complexity index is 39.1. The summed E-state index contributed by atoms with van der Waals surface area (Å²) >= 11 is 0. The van der Waals surface area contributed by atoms with Gasteiger partial charge in [-0.15, -0.1) is 0 Å². The molecule has 7 heavy (non-hydrogen) atoms. The average molecular weight is 102 g/mol. The quantitative estimate of drug-likeness (QED) is 0.517. The summed E-state index contributed by atoms with van der Waals surface area (Å²) in [6.07, 6.45) is 0.311. The topological polar surface area (TPSA) is 32.3 Å². The highest BCUT2D eigenvalue weighted by Gasteiger charge is 1.94. The fourth-order valence-electron chi connectivity index (χ4n) is 0.338. The fourth-order valence-corrected chi connectivity index (χ4v) is 0.338. The number of aliphatic hydroxyl groups is 1. The SMILES string of the molecule is [CH2]CC(O)CNC. The van der Waals surface area contributed by atoms with E-state index in [9.17, 15) is 0 Å². The van der Waals surface area contributed by atoms with E-state index in [1.54, 1.807) is 7.05 Å². The first-order valence-electron chi connectivity index (χ1n) is 2.43. The fraction of sp³-hybridized carbons (Fsp3) is 0.800. The Morgan fingerprint density at radius 1 is 1.86 bits per heavy atom. The summed E-state index contributed by atoms with van der Waals surface area (Å²) < 4.78 is 0. The van der Waals surface area contributed by atoms with E-state index in [0.717, 1.165) is 0 Å². The largest absolute Gasteiger partial charge is 0.392 e. The van der Waals surface area contributed by atoms with Crippen molar-refractivity contribution in [2.24, 2.45) is 0 Å². The third-order valence-corrected chi connectivity index (χ3v) is 0.773. The minimum atomic E-state index is -0.273. The van der Waals surface area contributed by atoms with Crippen LogP contribution in [0.3, 0.4) is 0 Å². The molecule has 0 rings (SSSR count). The second-order valence-electron chi connectivity index (χ2n) is 1.50. The summed E-state index contributed by atoms with van der Waals surface area (Å²) in [7, 11) is 1.80. The molecule has 0 saturated heterocycles. The van der Waals surface area contributed by atoms with Crippen molar-refractivity contribution >= 4 is 0 Å². The van der Waals surface area contributed by atoms with Gasteiger partial charge in [-0.1, -0.05) is 6.92 Å². The molecular formula is C5H12NO. The van der Waals surface area contributed by atoms with Gasteiger partial charge in [0.2, 0.25) is 0 Å². The van der Waals surface area contributed by atoms with Gasteiger partial charge in [0.1, 0.15) is 0 Å². The van der Waals surface area contributed by atoms with Crippen LogP contribution >= 0.6 is 0 Å². The van der Waals surface area contributed by atoms with Crippen LogP contribution in [0, 0.1) is 6.92 Å². The summed E-state index contributed by atoms with van der Waals surface area (Å²) in [6, 6.07) is 0. The molecule has 0 aromatic heterocycles. The standard InChI is InChI=1S/C5H12NO/c1-3-5(7)4-6-2/h5-7H,1,3-4H2,2H3. The van der Waals surface area contributed by atoms with Gasteiger partial charge in [-0.25, -0.2) is 0 Å². The summed E-state index contributed by atoms with van der Waals surface area (Å²) in [4.78, 5) is 0. The first kappa shape index (κ1) is 6.92. The third kappa shape index (κ3) is 3.76. The van der Waals surface area contributed by atoms with Crippen LogP contribution in [0.25, 0.3) is 0 Å². The van der Waals surface area contributed by atoms with Crippen LogP contribution in [0.2, 0.25) is 0 Å². The van der Waals surface area contributed by atoms with Crippen LogP contribution in [-0.4, -0.2) is 24.8 Å². The number of aliphatic hydroxyl groups excluding tert-OH is 1. The van der Waals surface area contributed by atoms with Gasteiger partial charge in [-0.2, -0.15) is 0 Å². The maximum absolute atomic E-state index is 8.73. The Labute approximate surface area is 44.5 Å². The number of hydrogen-bond acceptors (Lipinski definition) is 2. The van der Waals surface area contributed by atoms with E-state index in [0.29, 0.717) is 13.0 Å². The Morgan fingerprint density at radius 2 is 2.43 bits per heavy atom. The molecular weight excluding hydrogens is 90.1 g/mol. The van der Waals surface area contributed by atoms with Crippen molar-refractivity contribution in [1.29, 1.82) is 0 Å². The van der Waals surface area contributed by atoms with Crippen molar-refractivity contribution < 1.29 is 5.11 Å². The van der Waals surface area contributed by atoms with Crippen molar-refractivity contribution in [1.82, 2.24) is 5.32 Å². The zero-order valence-corrected chi connectivity index (χ0v) is 4.65. The summed E-state index contributed by atoms with van der Waals surface area (Å²) in [6.45, 7) is 4.16. The zero-order chi connectivity index (χ0) is 5.70. The predicted octanol–water partition coefficient (Wildman–Crippen LogP) is -0.209. The molecule has 0 aromatic carbocycles.